The first kappa shape index (κ1) is 24.9. The largest absolute Gasteiger partial charge is 0.466 e. The average molecular weight is 476 g/mol. The third-order valence-corrected chi connectivity index (χ3v) is 8.63. The van der Waals surface area contributed by atoms with Crippen molar-refractivity contribution in [1.82, 2.24) is 5.32 Å². The minimum absolute atomic E-state index is 0.00213. The van der Waals surface area contributed by atoms with Gasteiger partial charge in [-0.2, -0.15) is 0 Å². The van der Waals surface area contributed by atoms with Gasteiger partial charge in [-0.05, 0) is 70.3 Å². The monoisotopic (exact) mass is 475 g/mol. The van der Waals surface area contributed by atoms with E-state index in [1.165, 1.54) is 0 Å². The molecule has 2 saturated carbocycles. The standard InChI is InChI=1S/C26H37NO7/c1-5-32-21(30)8-7-17(23(31)33-6-2)27-20(29)10-11-24(3)19(28)9-12-26-14-16-13-18(22(24)26)34-25(16,4)15-26/h9,12,16-18,22H,5-8,10-11,13-15H2,1-4H3,(H,27,29)/t16-,17+,18+,22+,24-,25-,26+/m1/s1. The predicted molar refractivity (Wildman–Crippen MR) is 122 cm³/mol. The number of carbonyl (C=O) groups excluding carboxylic acids is 4. The highest BCUT2D eigenvalue weighted by atomic mass is 16.5. The van der Waals surface area contributed by atoms with Gasteiger partial charge in [0, 0.05) is 24.2 Å². The molecule has 0 aromatic carbocycles. The fourth-order valence-corrected chi connectivity index (χ4v) is 7.27. The van der Waals surface area contributed by atoms with Crippen LogP contribution in [0.3, 0.4) is 0 Å². The maximum Gasteiger partial charge on any atom is 0.328 e. The summed E-state index contributed by atoms with van der Waals surface area (Å²) in [6.07, 6.45) is 7.42. The highest BCUT2D eigenvalue weighted by Gasteiger charge is 2.71. The van der Waals surface area contributed by atoms with Crippen LogP contribution in [-0.4, -0.2) is 54.6 Å². The number of carbonyl (C=O) groups is 4. The highest BCUT2D eigenvalue weighted by molar-refractivity contribution is 5.96. The van der Waals surface area contributed by atoms with Gasteiger partial charge in [-0.15, -0.1) is 0 Å². The van der Waals surface area contributed by atoms with Crippen molar-refractivity contribution in [2.45, 2.75) is 90.4 Å². The summed E-state index contributed by atoms with van der Waals surface area (Å²) in [7, 11) is 0. The zero-order valence-corrected chi connectivity index (χ0v) is 20.7. The Bertz CT molecular complexity index is 900. The van der Waals surface area contributed by atoms with Crippen LogP contribution in [0.15, 0.2) is 12.2 Å². The van der Waals surface area contributed by atoms with E-state index in [2.05, 4.69) is 18.3 Å². The molecule has 4 fully saturated rings. The lowest BCUT2D eigenvalue weighted by Gasteiger charge is -2.55. The van der Waals surface area contributed by atoms with E-state index in [4.69, 9.17) is 14.2 Å². The van der Waals surface area contributed by atoms with Crippen LogP contribution < -0.4 is 5.32 Å². The third kappa shape index (κ3) is 4.18. The fraction of sp³-hybridized carbons (Fsp3) is 0.769. The van der Waals surface area contributed by atoms with Crippen molar-refractivity contribution >= 4 is 23.6 Å². The number of esters is 2. The van der Waals surface area contributed by atoms with E-state index in [1.807, 2.05) is 6.92 Å². The number of hydrogen-bond donors (Lipinski definition) is 1. The van der Waals surface area contributed by atoms with Gasteiger partial charge in [0.1, 0.15) is 6.04 Å². The number of amides is 1. The third-order valence-electron chi connectivity index (χ3n) is 8.63. The Balaban J connectivity index is 1.42. The molecule has 1 N–H and O–H groups in total. The van der Waals surface area contributed by atoms with Crippen molar-refractivity contribution in [3.05, 3.63) is 12.2 Å². The van der Waals surface area contributed by atoms with Crippen LogP contribution in [0.25, 0.3) is 0 Å². The molecule has 0 aromatic heterocycles. The molecule has 4 bridgehead atoms. The summed E-state index contributed by atoms with van der Waals surface area (Å²) in [5, 5.41) is 2.72. The minimum Gasteiger partial charge on any atom is -0.466 e. The van der Waals surface area contributed by atoms with E-state index in [0.717, 1.165) is 19.3 Å². The summed E-state index contributed by atoms with van der Waals surface area (Å²) in [4.78, 5) is 50.1. The van der Waals surface area contributed by atoms with E-state index >= 15 is 0 Å². The molecule has 1 amide bonds. The molecule has 8 nitrogen and oxygen atoms in total. The SMILES string of the molecule is CCOC(=O)CC[C@H](NC(=O)CC[C@]1(C)C(=O)C=C[C@]23C[C@H]4C[C@H](O[C@]4(C)C2)[C@H]31)C(=O)OCC. The Hall–Kier alpha value is -2.22. The molecular weight excluding hydrogens is 438 g/mol. The molecule has 0 radical (unpaired) electrons. The van der Waals surface area contributed by atoms with Crippen molar-refractivity contribution in [3.8, 4) is 0 Å². The first-order valence-electron chi connectivity index (χ1n) is 12.6. The van der Waals surface area contributed by atoms with Crippen molar-refractivity contribution < 1.29 is 33.4 Å². The highest BCUT2D eigenvalue weighted by Crippen LogP contribution is 2.71. The lowest BCUT2D eigenvalue weighted by atomic mass is 9.51. The summed E-state index contributed by atoms with van der Waals surface area (Å²) >= 11 is 0. The summed E-state index contributed by atoms with van der Waals surface area (Å²) in [5.41, 5.74) is -0.833. The molecule has 0 aromatic rings. The summed E-state index contributed by atoms with van der Waals surface area (Å²) in [5.74, 6) is -0.705. The summed E-state index contributed by atoms with van der Waals surface area (Å²) in [6.45, 7) is 8.00. The van der Waals surface area contributed by atoms with Crippen LogP contribution >= 0.6 is 0 Å². The van der Waals surface area contributed by atoms with Crippen LogP contribution in [-0.2, 0) is 33.4 Å². The van der Waals surface area contributed by atoms with Gasteiger partial charge in [-0.3, -0.25) is 14.4 Å². The Morgan fingerprint density at radius 2 is 1.91 bits per heavy atom. The van der Waals surface area contributed by atoms with E-state index in [9.17, 15) is 19.2 Å². The Kier molecular flexibility index (Phi) is 6.66. The molecule has 188 valence electrons. The average Bonchev–Trinajstić information content (AvgIpc) is 3.14. The number of ether oxygens (including phenoxy) is 3. The van der Waals surface area contributed by atoms with E-state index < -0.39 is 23.4 Å². The van der Waals surface area contributed by atoms with Gasteiger partial charge < -0.3 is 19.5 Å². The van der Waals surface area contributed by atoms with Crippen LogP contribution in [0.2, 0.25) is 0 Å². The van der Waals surface area contributed by atoms with Crippen LogP contribution in [0.1, 0.15) is 72.6 Å². The Morgan fingerprint density at radius 1 is 1.18 bits per heavy atom. The van der Waals surface area contributed by atoms with Gasteiger partial charge in [0.25, 0.3) is 0 Å². The van der Waals surface area contributed by atoms with Crippen molar-refractivity contribution in [3.63, 3.8) is 0 Å². The first-order chi connectivity index (χ1) is 16.1. The fourth-order valence-electron chi connectivity index (χ4n) is 7.27. The second kappa shape index (κ2) is 9.10. The maximum absolute atomic E-state index is 13.2. The number of hydrogen-bond acceptors (Lipinski definition) is 7. The molecule has 2 saturated heterocycles. The summed E-state index contributed by atoms with van der Waals surface area (Å²) in [6, 6.07) is -0.932. The number of rotatable bonds is 10. The van der Waals surface area contributed by atoms with E-state index in [-0.39, 0.29) is 67.2 Å². The van der Waals surface area contributed by atoms with E-state index in [0.29, 0.717) is 12.3 Å². The molecule has 1 spiro atoms. The molecule has 3 aliphatic carbocycles. The van der Waals surface area contributed by atoms with Crippen LogP contribution in [0.5, 0.6) is 0 Å². The normalized spacial score (nSPS) is 37.9. The zero-order chi connectivity index (χ0) is 24.7. The number of nitrogens with one attached hydrogen (secondary N) is 1. The number of ketones is 1. The number of allylic oxidation sites excluding steroid dienone is 2. The van der Waals surface area contributed by atoms with Gasteiger partial charge >= 0.3 is 11.9 Å². The van der Waals surface area contributed by atoms with Gasteiger partial charge in [0.15, 0.2) is 5.78 Å². The molecule has 5 aliphatic rings. The quantitative estimate of drug-likeness (QED) is 0.484. The van der Waals surface area contributed by atoms with Crippen LogP contribution in [0, 0.1) is 22.7 Å². The molecule has 2 heterocycles. The summed E-state index contributed by atoms with van der Waals surface area (Å²) < 4.78 is 16.5. The zero-order valence-electron chi connectivity index (χ0n) is 20.7. The maximum atomic E-state index is 13.2. The molecule has 7 atom stereocenters. The van der Waals surface area contributed by atoms with Gasteiger partial charge in [0.2, 0.25) is 5.91 Å². The Morgan fingerprint density at radius 3 is 2.59 bits per heavy atom. The van der Waals surface area contributed by atoms with Gasteiger partial charge in [-0.1, -0.05) is 13.0 Å². The smallest absolute Gasteiger partial charge is 0.328 e. The molecule has 34 heavy (non-hydrogen) atoms. The van der Waals surface area contributed by atoms with Gasteiger partial charge in [-0.25, -0.2) is 4.79 Å². The Labute approximate surface area is 201 Å². The lowest BCUT2D eigenvalue weighted by Crippen LogP contribution is -2.56. The second-order valence-corrected chi connectivity index (χ2v) is 10.8. The predicted octanol–water partition coefficient (Wildman–Crippen LogP) is 2.88. The minimum atomic E-state index is -0.932. The van der Waals surface area contributed by atoms with Crippen molar-refractivity contribution in [1.29, 1.82) is 0 Å². The first-order valence-corrected chi connectivity index (χ1v) is 12.6. The van der Waals surface area contributed by atoms with Crippen molar-refractivity contribution in [2.75, 3.05) is 13.2 Å². The second-order valence-electron chi connectivity index (χ2n) is 10.8. The topological polar surface area (TPSA) is 108 Å². The molecule has 2 aliphatic heterocycles. The lowest BCUT2D eigenvalue weighted by molar-refractivity contribution is -0.169. The molecule has 8 heteroatoms. The van der Waals surface area contributed by atoms with Crippen LogP contribution in [0.4, 0.5) is 0 Å². The molecular formula is C26H37NO7. The van der Waals surface area contributed by atoms with Gasteiger partial charge in [0.05, 0.1) is 24.9 Å². The van der Waals surface area contributed by atoms with E-state index in [1.54, 1.807) is 19.9 Å². The molecule has 5 rings (SSSR count). The molecule has 0 unspecified atom stereocenters. The van der Waals surface area contributed by atoms with Crippen molar-refractivity contribution in [2.24, 2.45) is 22.7 Å².